The number of aryl methyl sites for hydroxylation is 2. The number of nitrogens with zero attached hydrogens (tertiary/aromatic N) is 5. The molecule has 0 aliphatic carbocycles. The molecule has 0 fully saturated rings. The highest BCUT2D eigenvalue weighted by molar-refractivity contribution is 7.89. The molecule has 1 aliphatic rings. The highest BCUT2D eigenvalue weighted by atomic mass is 32.2. The van der Waals surface area contributed by atoms with Crippen LogP contribution in [-0.2, 0) is 28.4 Å². The lowest BCUT2D eigenvalue weighted by Gasteiger charge is -2.32. The van der Waals surface area contributed by atoms with Crippen molar-refractivity contribution in [3.8, 4) is 0 Å². The summed E-state index contributed by atoms with van der Waals surface area (Å²) in [6, 6.07) is 1.03. The number of hydrogen-bond acceptors (Lipinski definition) is 5. The molecule has 0 spiro atoms. The topological polar surface area (TPSA) is 102 Å². The minimum Gasteiger partial charge on any atom is -0.357 e. The molecule has 1 amide bonds. The average Bonchev–Trinajstić information content (AvgIpc) is 3.10. The molecule has 2 aromatic rings. The minimum atomic E-state index is -3.77. The Morgan fingerprint density at radius 1 is 1.38 bits per heavy atom. The quantitative estimate of drug-likeness (QED) is 0.819. The fourth-order valence-electron chi connectivity index (χ4n) is 3.06. The van der Waals surface area contributed by atoms with Gasteiger partial charge < -0.3 is 5.32 Å². The van der Waals surface area contributed by atoms with Gasteiger partial charge in [-0.25, -0.2) is 8.42 Å². The highest BCUT2D eigenvalue weighted by Crippen LogP contribution is 2.29. The summed E-state index contributed by atoms with van der Waals surface area (Å²) in [5.41, 5.74) is 1.70. The van der Waals surface area contributed by atoms with Gasteiger partial charge in [0.1, 0.15) is 10.9 Å². The third-order valence-corrected chi connectivity index (χ3v) is 6.42. The van der Waals surface area contributed by atoms with Crippen molar-refractivity contribution in [1.82, 2.24) is 29.2 Å². The number of rotatable bonds is 3. The molecule has 10 heteroatoms. The second-order valence-corrected chi connectivity index (χ2v) is 7.69. The van der Waals surface area contributed by atoms with E-state index in [2.05, 4.69) is 15.5 Å². The molecule has 1 N–H and O–H groups in total. The van der Waals surface area contributed by atoms with Crippen LogP contribution in [0.4, 0.5) is 0 Å². The zero-order chi connectivity index (χ0) is 17.6. The van der Waals surface area contributed by atoms with E-state index in [0.717, 1.165) is 0 Å². The first kappa shape index (κ1) is 16.7. The third-order valence-electron chi connectivity index (χ3n) is 4.35. The van der Waals surface area contributed by atoms with Crippen LogP contribution in [0.3, 0.4) is 0 Å². The molecule has 0 radical (unpaired) electrons. The summed E-state index contributed by atoms with van der Waals surface area (Å²) in [5, 5.41) is 10.9. The van der Waals surface area contributed by atoms with E-state index in [0.29, 0.717) is 17.1 Å². The fourth-order valence-corrected chi connectivity index (χ4v) is 4.88. The molecule has 2 aromatic heterocycles. The van der Waals surface area contributed by atoms with Crippen LogP contribution in [0.5, 0.6) is 0 Å². The Kier molecular flexibility index (Phi) is 3.96. The van der Waals surface area contributed by atoms with Gasteiger partial charge in [0.15, 0.2) is 0 Å². The summed E-state index contributed by atoms with van der Waals surface area (Å²) < 4.78 is 30.7. The van der Waals surface area contributed by atoms with E-state index in [4.69, 9.17) is 0 Å². The van der Waals surface area contributed by atoms with Gasteiger partial charge in [-0.15, -0.1) is 0 Å². The Balaban J connectivity index is 2.05. The largest absolute Gasteiger partial charge is 0.357 e. The predicted molar refractivity (Wildman–Crippen MR) is 85.6 cm³/mol. The molecule has 0 saturated carbocycles. The molecule has 1 aliphatic heterocycles. The number of nitrogens with one attached hydrogen (secondary N) is 1. The van der Waals surface area contributed by atoms with E-state index in [1.54, 1.807) is 42.5 Å². The van der Waals surface area contributed by atoms with E-state index in [1.807, 2.05) is 0 Å². The van der Waals surface area contributed by atoms with E-state index in [-0.39, 0.29) is 23.9 Å². The van der Waals surface area contributed by atoms with Crippen LogP contribution >= 0.6 is 0 Å². The Morgan fingerprint density at radius 3 is 2.67 bits per heavy atom. The first-order valence-corrected chi connectivity index (χ1v) is 8.95. The molecule has 0 saturated heterocycles. The molecule has 3 heterocycles. The van der Waals surface area contributed by atoms with Gasteiger partial charge in [0.2, 0.25) is 15.9 Å². The van der Waals surface area contributed by atoms with Crippen LogP contribution in [0.1, 0.15) is 23.1 Å². The van der Waals surface area contributed by atoms with E-state index in [1.165, 1.54) is 11.4 Å². The first-order chi connectivity index (χ1) is 11.3. The van der Waals surface area contributed by atoms with Crippen LogP contribution < -0.4 is 5.32 Å². The molecule has 0 unspecified atom stereocenters. The maximum absolute atomic E-state index is 13.1. The number of carbonyl (C=O) groups excluding carboxylic acids is 1. The van der Waals surface area contributed by atoms with E-state index >= 15 is 0 Å². The molecule has 1 atom stereocenters. The number of sulfonamides is 1. The lowest BCUT2D eigenvalue weighted by Crippen LogP contribution is -2.46. The zero-order valence-corrected chi connectivity index (χ0v) is 14.8. The summed E-state index contributed by atoms with van der Waals surface area (Å²) in [5.74, 6) is -0.278. The van der Waals surface area contributed by atoms with Gasteiger partial charge in [-0.3, -0.25) is 14.2 Å². The van der Waals surface area contributed by atoms with Gasteiger partial charge in [0, 0.05) is 26.8 Å². The molecule has 0 aromatic carbocycles. The molecule has 130 valence electrons. The van der Waals surface area contributed by atoms with Crippen molar-refractivity contribution >= 4 is 15.9 Å². The SMILES string of the molecule is CNC(=O)[C@@H]1CN(S(=O)(=O)c2c(C)nn(C)c2C)Cc2ccnn21. The Bertz CT molecular complexity index is 898. The lowest BCUT2D eigenvalue weighted by molar-refractivity contribution is -0.124. The maximum atomic E-state index is 13.1. The minimum absolute atomic E-state index is 0.0322. The Labute approximate surface area is 140 Å². The van der Waals surface area contributed by atoms with Gasteiger partial charge in [-0.2, -0.15) is 14.5 Å². The van der Waals surface area contributed by atoms with Crippen LogP contribution in [0, 0.1) is 13.8 Å². The van der Waals surface area contributed by atoms with Gasteiger partial charge in [-0.1, -0.05) is 0 Å². The van der Waals surface area contributed by atoms with Crippen molar-refractivity contribution < 1.29 is 13.2 Å². The normalized spacial score (nSPS) is 18.4. The van der Waals surface area contributed by atoms with Gasteiger partial charge in [0.25, 0.3) is 0 Å². The molecule has 3 rings (SSSR count). The summed E-state index contributed by atoms with van der Waals surface area (Å²) in [6.45, 7) is 3.59. The lowest BCUT2D eigenvalue weighted by atomic mass is 10.2. The number of hydrogen-bond donors (Lipinski definition) is 1. The fraction of sp³-hybridized carbons (Fsp3) is 0.500. The number of fused-ring (bicyclic) bond motifs is 1. The molecular weight excluding hydrogens is 332 g/mol. The van der Waals surface area contributed by atoms with Crippen LogP contribution in [-0.4, -0.2) is 51.8 Å². The number of aromatic nitrogens is 4. The van der Waals surface area contributed by atoms with Crippen molar-refractivity contribution in [2.24, 2.45) is 7.05 Å². The summed E-state index contributed by atoms with van der Waals surface area (Å²) >= 11 is 0. The Hall–Kier alpha value is -2.20. The van der Waals surface area contributed by atoms with Crippen molar-refractivity contribution in [1.29, 1.82) is 0 Å². The monoisotopic (exact) mass is 352 g/mol. The van der Waals surface area contributed by atoms with Crippen molar-refractivity contribution in [3.63, 3.8) is 0 Å². The molecule has 9 nitrogen and oxygen atoms in total. The van der Waals surface area contributed by atoms with E-state index < -0.39 is 16.1 Å². The Morgan fingerprint density at radius 2 is 2.08 bits per heavy atom. The van der Waals surface area contributed by atoms with Gasteiger partial charge >= 0.3 is 0 Å². The standard InChI is InChI=1S/C14H20N6O3S/c1-9-13(10(2)18(4)17-9)24(22,23)19-7-11-5-6-16-20(11)12(8-19)14(21)15-3/h5-6,12H,7-8H2,1-4H3,(H,15,21)/t12-/m0/s1. The highest BCUT2D eigenvalue weighted by Gasteiger charge is 2.38. The van der Waals surface area contributed by atoms with Gasteiger partial charge in [-0.05, 0) is 19.9 Å². The second kappa shape index (κ2) is 5.71. The smallest absolute Gasteiger partial charge is 0.247 e. The summed E-state index contributed by atoms with van der Waals surface area (Å²) in [7, 11) is -0.538. The van der Waals surface area contributed by atoms with E-state index in [9.17, 15) is 13.2 Å². The van der Waals surface area contributed by atoms with Crippen molar-refractivity contribution in [3.05, 3.63) is 29.3 Å². The zero-order valence-electron chi connectivity index (χ0n) is 14.0. The third kappa shape index (κ3) is 2.42. The maximum Gasteiger partial charge on any atom is 0.247 e. The van der Waals surface area contributed by atoms with Crippen molar-refractivity contribution in [2.45, 2.75) is 31.3 Å². The number of likely N-dealkylation sites (N-methyl/N-ethyl adjacent to an activating group) is 1. The molecule has 24 heavy (non-hydrogen) atoms. The molecule has 0 bridgehead atoms. The number of carbonyl (C=O) groups is 1. The predicted octanol–water partition coefficient (Wildman–Crippen LogP) is -0.275. The number of amides is 1. The van der Waals surface area contributed by atoms with Crippen LogP contribution in [0.25, 0.3) is 0 Å². The van der Waals surface area contributed by atoms with Crippen LogP contribution in [0.15, 0.2) is 17.2 Å². The average molecular weight is 352 g/mol. The molecular formula is C14H20N6O3S. The van der Waals surface area contributed by atoms with Crippen molar-refractivity contribution in [2.75, 3.05) is 13.6 Å². The first-order valence-electron chi connectivity index (χ1n) is 7.51. The van der Waals surface area contributed by atoms with Gasteiger partial charge in [0.05, 0.1) is 23.6 Å². The summed E-state index contributed by atoms with van der Waals surface area (Å²) in [4.78, 5) is 12.4. The summed E-state index contributed by atoms with van der Waals surface area (Å²) in [6.07, 6.45) is 1.57. The second-order valence-electron chi connectivity index (χ2n) is 5.82. The van der Waals surface area contributed by atoms with Crippen LogP contribution in [0.2, 0.25) is 0 Å².